The summed E-state index contributed by atoms with van der Waals surface area (Å²) in [5, 5.41) is 9.96. The number of Topliss-reactive ketones (excluding diaryl/α,β-unsaturated/α-hetero) is 2. The Balaban J connectivity index is 1.49. The maximum absolute atomic E-state index is 13.8. The van der Waals surface area contributed by atoms with Gasteiger partial charge in [0.2, 0.25) is 0 Å². The topological polar surface area (TPSA) is 81.0 Å². The summed E-state index contributed by atoms with van der Waals surface area (Å²) in [6, 6.07) is 12.1. The fourth-order valence-electron chi connectivity index (χ4n) is 10.7. The van der Waals surface area contributed by atoms with Gasteiger partial charge in [-0.05, 0) is 108 Å². The fourth-order valence-corrected chi connectivity index (χ4v) is 12.4. The molecule has 0 saturated heterocycles. The summed E-state index contributed by atoms with van der Waals surface area (Å²) >= 11 is -1.08. The van der Waals surface area contributed by atoms with Crippen molar-refractivity contribution < 1.29 is 14.1 Å². The molecule has 0 aromatic heterocycles. The second-order valence-corrected chi connectivity index (χ2v) is 18.5. The number of hydrogen-bond donors (Lipinski definition) is 0. The smallest absolute Gasteiger partial charge is 0.178 e. The third-order valence-electron chi connectivity index (χ3n) is 13.7. The number of carbonyl (C=O) groups excluding carboxylic acids is 2. The number of fused-ring (bicyclic) bond motifs is 3. The molecule has 3 fully saturated rings. The van der Waals surface area contributed by atoms with Crippen LogP contribution in [0.25, 0.3) is 0 Å². The highest BCUT2D eigenvalue weighted by Crippen LogP contribution is 2.71. The van der Waals surface area contributed by atoms with Gasteiger partial charge in [0.15, 0.2) is 10.7 Å². The van der Waals surface area contributed by atoms with Crippen LogP contribution in [-0.4, -0.2) is 21.9 Å². The van der Waals surface area contributed by atoms with Crippen molar-refractivity contribution in [2.24, 2.45) is 50.2 Å². The third-order valence-corrected chi connectivity index (χ3v) is 15.3. The van der Waals surface area contributed by atoms with Crippen molar-refractivity contribution in [3.63, 3.8) is 0 Å². The minimum atomic E-state index is -1.08. The van der Waals surface area contributed by atoms with Crippen LogP contribution >= 0.6 is 0 Å². The predicted octanol–water partition coefficient (Wildman–Crippen LogP) is 8.87. The monoisotopic (exact) mass is 603 g/mol. The quantitative estimate of drug-likeness (QED) is 0.304. The summed E-state index contributed by atoms with van der Waals surface area (Å²) in [5.74, 6) is 1.57. The second-order valence-electron chi connectivity index (χ2n) is 17.1. The Morgan fingerprint density at radius 2 is 1.63 bits per heavy atom. The van der Waals surface area contributed by atoms with Crippen molar-refractivity contribution in [3.8, 4) is 6.07 Å². The standard InChI is InChI=1S/C38H53NO3S/c1-26-21-33(2,3)16-18-38(26,25-43(42)29-12-10-9-11-13-29)19-17-35(6)23-28(40)20-31-36(7)22-27(24-39)32(41)34(4,5)30(36)14-15-37(31,35)8/h9-13,22,26,30-31H,14-21,23,25H2,1-8H3/t26?,30-,31+,35+,36-,37+,38+,43?/m0/s1. The Hall–Kier alpha value is -1.90. The van der Waals surface area contributed by atoms with Crippen LogP contribution in [0.5, 0.6) is 0 Å². The highest BCUT2D eigenvalue weighted by molar-refractivity contribution is 7.91. The Labute approximate surface area is 263 Å². The second kappa shape index (κ2) is 10.9. The molecule has 4 aliphatic carbocycles. The molecular formula is C38H53NO3S. The zero-order valence-electron chi connectivity index (χ0n) is 27.8. The molecule has 1 aromatic carbocycles. The number of rotatable bonds is 6. The molecule has 0 aliphatic heterocycles. The van der Waals surface area contributed by atoms with Gasteiger partial charge in [0.25, 0.3) is 0 Å². The molecular weight excluding hydrogens is 550 g/mol. The maximum atomic E-state index is 13.8. The number of benzene rings is 1. The number of allylic oxidation sites excluding steroid dienone is 2. The van der Waals surface area contributed by atoms with Crippen molar-refractivity contribution in [2.45, 2.75) is 118 Å². The van der Waals surface area contributed by atoms with Crippen LogP contribution in [0.1, 0.15) is 113 Å². The summed E-state index contributed by atoms with van der Waals surface area (Å²) in [6.45, 7) is 18.1. The lowest BCUT2D eigenvalue weighted by Crippen LogP contribution is -2.62. The molecule has 0 amide bonds. The highest BCUT2D eigenvalue weighted by Gasteiger charge is 2.66. The lowest BCUT2D eigenvalue weighted by Gasteiger charge is -2.66. The molecule has 2 unspecified atom stereocenters. The molecule has 1 aromatic rings. The minimum absolute atomic E-state index is 0.0418. The average Bonchev–Trinajstić information content (AvgIpc) is 2.93. The van der Waals surface area contributed by atoms with Crippen LogP contribution < -0.4 is 0 Å². The summed E-state index contributed by atoms with van der Waals surface area (Å²) in [7, 11) is 0. The molecule has 8 atom stereocenters. The van der Waals surface area contributed by atoms with Gasteiger partial charge in [0.05, 0.1) is 5.57 Å². The van der Waals surface area contributed by atoms with Gasteiger partial charge >= 0.3 is 0 Å². The van der Waals surface area contributed by atoms with E-state index in [9.17, 15) is 19.4 Å². The van der Waals surface area contributed by atoms with Gasteiger partial charge < -0.3 is 4.55 Å². The normalized spacial score (nSPS) is 40.9. The minimum Gasteiger partial charge on any atom is -0.611 e. The number of hydrogen-bond acceptors (Lipinski definition) is 4. The molecule has 0 N–H and O–H groups in total. The first kappa shape index (κ1) is 32.5. The highest BCUT2D eigenvalue weighted by atomic mass is 32.2. The average molecular weight is 604 g/mol. The first-order valence-corrected chi connectivity index (χ1v) is 17.9. The molecule has 43 heavy (non-hydrogen) atoms. The zero-order chi connectivity index (χ0) is 31.6. The van der Waals surface area contributed by atoms with E-state index in [0.29, 0.717) is 30.3 Å². The van der Waals surface area contributed by atoms with Crippen molar-refractivity contribution in [2.75, 3.05) is 5.75 Å². The lowest BCUT2D eigenvalue weighted by atomic mass is 9.37. The van der Waals surface area contributed by atoms with Gasteiger partial charge in [-0.3, -0.25) is 9.59 Å². The van der Waals surface area contributed by atoms with E-state index >= 15 is 0 Å². The van der Waals surface area contributed by atoms with E-state index in [2.05, 4.69) is 47.6 Å². The molecule has 5 heteroatoms. The molecule has 0 bridgehead atoms. The molecule has 5 rings (SSSR count). The van der Waals surface area contributed by atoms with E-state index in [0.717, 1.165) is 49.8 Å². The summed E-state index contributed by atoms with van der Waals surface area (Å²) < 4.78 is 13.8. The SMILES string of the molecule is CC1CC(C)(C)CC[C@@]1(CC[C@]1(C)CC(=O)C[C@@H]2[C@@]3(C)C=C(C#N)C(=O)C(C)(C)[C@@H]3CC[C@]21C)C[S+]([O-])c1ccccc1. The first-order chi connectivity index (χ1) is 19.9. The zero-order valence-corrected chi connectivity index (χ0v) is 28.7. The Morgan fingerprint density at radius 3 is 2.26 bits per heavy atom. The Morgan fingerprint density at radius 1 is 0.953 bits per heavy atom. The van der Waals surface area contributed by atoms with Crippen molar-refractivity contribution in [1.82, 2.24) is 0 Å². The van der Waals surface area contributed by atoms with Gasteiger partial charge in [0.1, 0.15) is 17.6 Å². The third kappa shape index (κ3) is 5.27. The van der Waals surface area contributed by atoms with E-state index in [1.165, 1.54) is 0 Å². The lowest BCUT2D eigenvalue weighted by molar-refractivity contribution is -0.175. The summed E-state index contributed by atoms with van der Waals surface area (Å²) in [5.41, 5.74) is -0.808. The molecule has 0 spiro atoms. The number of nitrogens with zero attached hydrogens (tertiary/aromatic N) is 1. The van der Waals surface area contributed by atoms with Gasteiger partial charge in [-0.2, -0.15) is 5.26 Å². The van der Waals surface area contributed by atoms with Gasteiger partial charge in [0, 0.05) is 23.7 Å². The largest absolute Gasteiger partial charge is 0.611 e. The van der Waals surface area contributed by atoms with Gasteiger partial charge in [-0.15, -0.1) is 0 Å². The number of ketones is 2. The first-order valence-electron chi connectivity index (χ1n) is 16.6. The molecule has 0 radical (unpaired) electrons. The molecule has 4 aliphatic rings. The van der Waals surface area contributed by atoms with Gasteiger partial charge in [-0.1, -0.05) is 79.7 Å². The van der Waals surface area contributed by atoms with E-state index in [4.69, 9.17) is 0 Å². The van der Waals surface area contributed by atoms with Crippen LogP contribution in [0.15, 0.2) is 46.9 Å². The van der Waals surface area contributed by atoms with Crippen LogP contribution in [-0.2, 0) is 20.8 Å². The van der Waals surface area contributed by atoms with E-state index < -0.39 is 16.6 Å². The number of carbonyl (C=O) groups is 2. The fraction of sp³-hybridized carbons (Fsp3) is 0.711. The molecule has 0 heterocycles. The van der Waals surface area contributed by atoms with E-state index in [1.807, 2.05) is 50.3 Å². The van der Waals surface area contributed by atoms with Crippen molar-refractivity contribution >= 4 is 22.7 Å². The Bertz CT molecular complexity index is 1340. The van der Waals surface area contributed by atoms with Crippen molar-refractivity contribution in [1.29, 1.82) is 5.26 Å². The van der Waals surface area contributed by atoms with Crippen molar-refractivity contribution in [3.05, 3.63) is 42.0 Å². The summed E-state index contributed by atoms with van der Waals surface area (Å²) in [4.78, 5) is 27.9. The van der Waals surface area contributed by atoms with Crippen LogP contribution in [0.4, 0.5) is 0 Å². The maximum Gasteiger partial charge on any atom is 0.178 e. The van der Waals surface area contributed by atoms with Gasteiger partial charge in [-0.25, -0.2) is 0 Å². The predicted molar refractivity (Wildman–Crippen MR) is 173 cm³/mol. The molecule has 4 nitrogen and oxygen atoms in total. The van der Waals surface area contributed by atoms with Crippen LogP contribution in [0.2, 0.25) is 0 Å². The van der Waals surface area contributed by atoms with Crippen LogP contribution in [0.3, 0.4) is 0 Å². The Kier molecular flexibility index (Phi) is 8.21. The molecule has 234 valence electrons. The molecule has 3 saturated carbocycles. The van der Waals surface area contributed by atoms with E-state index in [-0.39, 0.29) is 50.3 Å². The summed E-state index contributed by atoms with van der Waals surface area (Å²) in [6.07, 6.45) is 10.2. The van der Waals surface area contributed by atoms with Crippen LogP contribution in [0, 0.1) is 61.6 Å². The van der Waals surface area contributed by atoms with E-state index in [1.54, 1.807) is 0 Å². The number of nitriles is 1.